The minimum absolute atomic E-state index is 0.259. The Morgan fingerprint density at radius 1 is 1.38 bits per heavy atom. The van der Waals surface area contributed by atoms with Crippen LogP contribution in [0.5, 0.6) is 0 Å². The van der Waals surface area contributed by atoms with Crippen molar-refractivity contribution in [1.82, 2.24) is 19.9 Å². The number of aromatic nitrogens is 3. The Morgan fingerprint density at radius 2 is 2.14 bits per heavy atom. The molecule has 10 heteroatoms. The van der Waals surface area contributed by atoms with E-state index in [4.69, 9.17) is 16.7 Å². The van der Waals surface area contributed by atoms with Gasteiger partial charge in [0.25, 0.3) is 5.95 Å². The van der Waals surface area contributed by atoms with Gasteiger partial charge in [-0.15, -0.1) is 11.3 Å². The fourth-order valence-electron chi connectivity index (χ4n) is 4.41. The summed E-state index contributed by atoms with van der Waals surface area (Å²) in [5, 5.41) is 12.5. The van der Waals surface area contributed by atoms with Gasteiger partial charge in [0, 0.05) is 36.8 Å². The number of thiazole rings is 1. The Labute approximate surface area is 173 Å². The number of anilines is 1. The van der Waals surface area contributed by atoms with Crippen molar-refractivity contribution in [1.29, 1.82) is 5.26 Å². The molecule has 0 aliphatic carbocycles. The van der Waals surface area contributed by atoms with Crippen LogP contribution in [-0.2, 0) is 0 Å². The van der Waals surface area contributed by atoms with Gasteiger partial charge in [0.15, 0.2) is 11.5 Å². The molecule has 2 aliphatic heterocycles. The molecule has 4 heterocycles. The summed E-state index contributed by atoms with van der Waals surface area (Å²) in [7, 11) is 0. The van der Waals surface area contributed by atoms with Crippen LogP contribution in [0, 0.1) is 11.3 Å². The molecular formula is C19H25N9S. The summed E-state index contributed by atoms with van der Waals surface area (Å²) >= 11 is 1.51. The number of nitriles is 1. The maximum Gasteiger partial charge on any atom is 0.255 e. The zero-order chi connectivity index (χ0) is 20.4. The minimum Gasteiger partial charge on any atom is -0.402 e. The van der Waals surface area contributed by atoms with E-state index in [1.54, 1.807) is 18.5 Å². The van der Waals surface area contributed by atoms with Crippen LogP contribution < -0.4 is 16.8 Å². The second-order valence-corrected chi connectivity index (χ2v) is 8.50. The molecule has 0 spiro atoms. The van der Waals surface area contributed by atoms with Gasteiger partial charge >= 0.3 is 0 Å². The first-order chi connectivity index (χ1) is 14.0. The lowest BCUT2D eigenvalue weighted by Crippen LogP contribution is -2.47. The normalized spacial score (nSPS) is 25.3. The molecule has 2 aliphatic rings. The second kappa shape index (κ2) is 8.31. The molecule has 2 fully saturated rings. The Balaban J connectivity index is 1.55. The van der Waals surface area contributed by atoms with E-state index in [1.165, 1.54) is 24.2 Å². The van der Waals surface area contributed by atoms with Crippen molar-refractivity contribution < 1.29 is 0 Å². The molecule has 0 aromatic carbocycles. The molecule has 4 rings (SSSR count). The highest BCUT2D eigenvalue weighted by molar-refractivity contribution is 7.17. The van der Waals surface area contributed by atoms with Crippen molar-refractivity contribution >= 4 is 39.3 Å². The maximum absolute atomic E-state index is 8.92. The van der Waals surface area contributed by atoms with Gasteiger partial charge in [0.1, 0.15) is 10.5 Å². The minimum atomic E-state index is 0.259. The maximum atomic E-state index is 8.92. The zero-order valence-electron chi connectivity index (χ0n) is 16.4. The summed E-state index contributed by atoms with van der Waals surface area (Å²) in [6.07, 6.45) is 6.66. The fourth-order valence-corrected chi connectivity index (χ4v) is 5.09. The lowest BCUT2D eigenvalue weighted by molar-refractivity contribution is 0.136. The lowest BCUT2D eigenvalue weighted by atomic mass is 9.97. The first kappa shape index (κ1) is 19.5. The van der Waals surface area contributed by atoms with E-state index in [2.05, 4.69) is 36.2 Å². The molecule has 29 heavy (non-hydrogen) atoms. The Kier molecular flexibility index (Phi) is 5.60. The molecule has 0 saturated carbocycles. The Bertz CT molecular complexity index is 971. The topological polar surface area (TPSA) is 142 Å². The van der Waals surface area contributed by atoms with Gasteiger partial charge in [-0.1, -0.05) is 0 Å². The van der Waals surface area contributed by atoms with Crippen molar-refractivity contribution in [3.05, 3.63) is 17.3 Å². The number of rotatable bonds is 6. The van der Waals surface area contributed by atoms with Gasteiger partial charge in [-0.3, -0.25) is 4.90 Å². The van der Waals surface area contributed by atoms with Gasteiger partial charge in [0.2, 0.25) is 0 Å². The predicted octanol–water partition coefficient (Wildman–Crippen LogP) is 2.26. The van der Waals surface area contributed by atoms with Gasteiger partial charge in [-0.25, -0.2) is 4.98 Å². The lowest BCUT2D eigenvalue weighted by Gasteiger charge is -2.39. The number of amidine groups is 1. The SMILES string of the molecule is C/C(N)=C/C(N)=Nc1nc(NC2C[C@H]3CC[C@@H](C2)N3CCC#N)c2scnc2n1. The molecule has 5 N–H and O–H groups in total. The number of hydrogen-bond acceptors (Lipinski definition) is 9. The average Bonchev–Trinajstić information content (AvgIpc) is 3.21. The highest BCUT2D eigenvalue weighted by Crippen LogP contribution is 2.37. The van der Waals surface area contributed by atoms with Gasteiger partial charge in [0.05, 0.1) is 11.6 Å². The summed E-state index contributed by atoms with van der Waals surface area (Å²) in [6.45, 7) is 2.62. The van der Waals surface area contributed by atoms with Crippen molar-refractivity contribution in [2.45, 2.75) is 57.2 Å². The number of nitrogens with zero attached hydrogens (tertiary/aromatic N) is 6. The van der Waals surface area contributed by atoms with Crippen LogP contribution >= 0.6 is 11.3 Å². The molecule has 2 aromatic heterocycles. The van der Waals surface area contributed by atoms with Crippen LogP contribution in [0.4, 0.5) is 11.8 Å². The summed E-state index contributed by atoms with van der Waals surface area (Å²) < 4.78 is 0.923. The smallest absolute Gasteiger partial charge is 0.255 e. The summed E-state index contributed by atoms with van der Waals surface area (Å²) in [5.41, 5.74) is 14.5. The van der Waals surface area contributed by atoms with Gasteiger partial charge in [-0.2, -0.15) is 20.2 Å². The number of nitrogens with one attached hydrogen (secondary N) is 1. The first-order valence-electron chi connectivity index (χ1n) is 9.82. The molecule has 1 unspecified atom stereocenters. The standard InChI is InChI=1S/C19H25N9S/c1-11(21)7-15(22)25-19-26-17-16(29-10-23-17)18(27-19)24-12-8-13-3-4-14(9-12)28(13)6-2-5-20/h7,10,12-14H,2-4,6,8-9,21H2,1H3,(H3,22,24,25,26,27)/b11-7-/t12?,13-,14+. The van der Waals surface area contributed by atoms with Crippen LogP contribution in [-0.4, -0.2) is 50.4 Å². The Morgan fingerprint density at radius 3 is 2.83 bits per heavy atom. The molecule has 2 bridgehead atoms. The van der Waals surface area contributed by atoms with Crippen LogP contribution in [0.3, 0.4) is 0 Å². The third kappa shape index (κ3) is 4.31. The second-order valence-electron chi connectivity index (χ2n) is 7.65. The van der Waals surface area contributed by atoms with Gasteiger partial charge < -0.3 is 16.8 Å². The van der Waals surface area contributed by atoms with Crippen LogP contribution in [0.25, 0.3) is 10.3 Å². The van der Waals surface area contributed by atoms with E-state index < -0.39 is 0 Å². The van der Waals surface area contributed by atoms with Crippen molar-refractivity contribution in [3.8, 4) is 6.07 Å². The number of piperidine rings is 1. The van der Waals surface area contributed by atoms with E-state index >= 15 is 0 Å². The van der Waals surface area contributed by atoms with Crippen molar-refractivity contribution in [2.24, 2.45) is 16.5 Å². The van der Waals surface area contributed by atoms with E-state index in [0.29, 0.717) is 35.9 Å². The Hall–Kier alpha value is -2.77. The number of nitrogens with two attached hydrogens (primary N) is 2. The molecular weight excluding hydrogens is 386 g/mol. The fraction of sp³-hybridized carbons (Fsp3) is 0.526. The molecule has 2 saturated heterocycles. The van der Waals surface area contributed by atoms with Crippen LogP contribution in [0.15, 0.2) is 22.3 Å². The van der Waals surface area contributed by atoms with Crippen molar-refractivity contribution in [2.75, 3.05) is 11.9 Å². The summed E-state index contributed by atoms with van der Waals surface area (Å²) in [6, 6.07) is 3.66. The predicted molar refractivity (Wildman–Crippen MR) is 115 cm³/mol. The molecule has 2 aromatic rings. The molecule has 152 valence electrons. The monoisotopic (exact) mass is 411 g/mol. The highest BCUT2D eigenvalue weighted by Gasteiger charge is 2.40. The summed E-state index contributed by atoms with van der Waals surface area (Å²) in [4.78, 5) is 20.1. The quantitative estimate of drug-likeness (QED) is 0.485. The number of hydrogen-bond donors (Lipinski definition) is 3. The highest BCUT2D eigenvalue weighted by atomic mass is 32.1. The molecule has 0 amide bonds. The molecule has 0 radical (unpaired) electrons. The largest absolute Gasteiger partial charge is 0.402 e. The van der Waals surface area contributed by atoms with Gasteiger partial charge in [-0.05, 0) is 38.7 Å². The zero-order valence-corrected chi connectivity index (χ0v) is 17.2. The van der Waals surface area contributed by atoms with E-state index in [-0.39, 0.29) is 11.8 Å². The van der Waals surface area contributed by atoms with Crippen LogP contribution in [0.1, 0.15) is 39.0 Å². The van der Waals surface area contributed by atoms with E-state index in [9.17, 15) is 0 Å². The molecule has 3 atom stereocenters. The van der Waals surface area contributed by atoms with E-state index in [0.717, 1.165) is 29.9 Å². The first-order valence-corrected chi connectivity index (χ1v) is 10.7. The number of allylic oxidation sites excluding steroid dienone is 1. The summed E-state index contributed by atoms with van der Waals surface area (Å²) in [5.74, 6) is 1.29. The van der Waals surface area contributed by atoms with E-state index in [1.807, 2.05) is 0 Å². The molecule has 9 nitrogen and oxygen atoms in total. The third-order valence-electron chi connectivity index (χ3n) is 5.49. The average molecular weight is 412 g/mol. The number of aliphatic imine (C=N–C) groups is 1. The van der Waals surface area contributed by atoms with Crippen molar-refractivity contribution in [3.63, 3.8) is 0 Å². The van der Waals surface area contributed by atoms with Crippen LogP contribution in [0.2, 0.25) is 0 Å². The number of fused-ring (bicyclic) bond motifs is 3. The third-order valence-corrected chi connectivity index (χ3v) is 6.32.